The highest BCUT2D eigenvalue weighted by atomic mass is 32.2. The zero-order valence-corrected chi connectivity index (χ0v) is 13.9. The van der Waals surface area contributed by atoms with E-state index in [2.05, 4.69) is 34.8 Å². The monoisotopic (exact) mass is 298 g/mol. The third kappa shape index (κ3) is 2.36. The van der Waals surface area contributed by atoms with Crippen LogP contribution in [0.1, 0.15) is 32.4 Å². The molecule has 0 unspecified atom stereocenters. The van der Waals surface area contributed by atoms with Crippen molar-refractivity contribution in [3.8, 4) is 0 Å². The summed E-state index contributed by atoms with van der Waals surface area (Å²) in [4.78, 5) is 3.30. The standard InChI is InChI=1S/C13H22N4S2/c1-6-13(7-2,19-5)8-17-11-10(14-12(17)18)9(3)15-16(11)4/h6-8H2,1-5H3,(H,14,18). The van der Waals surface area contributed by atoms with Crippen LogP contribution in [0.25, 0.3) is 11.2 Å². The van der Waals surface area contributed by atoms with Gasteiger partial charge in [0, 0.05) is 18.3 Å². The van der Waals surface area contributed by atoms with Gasteiger partial charge in [-0.1, -0.05) is 13.8 Å². The van der Waals surface area contributed by atoms with Crippen molar-refractivity contribution in [3.05, 3.63) is 10.5 Å². The van der Waals surface area contributed by atoms with Crippen molar-refractivity contribution in [2.24, 2.45) is 7.05 Å². The summed E-state index contributed by atoms with van der Waals surface area (Å²) in [7, 11) is 1.98. The lowest BCUT2D eigenvalue weighted by Crippen LogP contribution is -2.29. The highest BCUT2D eigenvalue weighted by Gasteiger charge is 2.27. The van der Waals surface area contributed by atoms with Crippen LogP contribution in [0.5, 0.6) is 0 Å². The van der Waals surface area contributed by atoms with Crippen molar-refractivity contribution in [2.45, 2.75) is 44.9 Å². The van der Waals surface area contributed by atoms with Gasteiger partial charge >= 0.3 is 0 Å². The first-order valence-electron chi connectivity index (χ1n) is 6.65. The Bertz CT molecular complexity index is 623. The highest BCUT2D eigenvalue weighted by Crippen LogP contribution is 2.33. The fraction of sp³-hybridized carbons (Fsp3) is 0.692. The van der Waals surface area contributed by atoms with Gasteiger partial charge in [-0.05, 0) is 38.2 Å². The van der Waals surface area contributed by atoms with Crippen LogP contribution >= 0.6 is 24.0 Å². The van der Waals surface area contributed by atoms with Crippen molar-refractivity contribution < 1.29 is 0 Å². The Morgan fingerprint density at radius 3 is 2.53 bits per heavy atom. The van der Waals surface area contributed by atoms with Crippen LogP contribution < -0.4 is 0 Å². The van der Waals surface area contributed by atoms with Gasteiger partial charge in [0.1, 0.15) is 5.52 Å². The number of hydrogen-bond acceptors (Lipinski definition) is 3. The average molecular weight is 298 g/mol. The Kier molecular flexibility index (Phi) is 4.11. The molecule has 1 N–H and O–H groups in total. The number of H-pyrrole nitrogens is 1. The van der Waals surface area contributed by atoms with Gasteiger partial charge in [0.05, 0.1) is 5.69 Å². The Morgan fingerprint density at radius 1 is 1.37 bits per heavy atom. The third-order valence-electron chi connectivity index (χ3n) is 4.09. The molecule has 0 aromatic carbocycles. The Balaban J connectivity index is 2.57. The van der Waals surface area contributed by atoms with E-state index in [1.807, 2.05) is 30.4 Å². The van der Waals surface area contributed by atoms with Crippen LogP contribution in [-0.4, -0.2) is 30.3 Å². The van der Waals surface area contributed by atoms with Gasteiger partial charge < -0.3 is 9.55 Å². The molecule has 0 saturated heterocycles. The maximum absolute atomic E-state index is 5.49. The maximum Gasteiger partial charge on any atom is 0.179 e. The van der Waals surface area contributed by atoms with Gasteiger partial charge in [0.15, 0.2) is 10.4 Å². The molecule has 0 fully saturated rings. The molecule has 0 atom stereocenters. The average Bonchev–Trinajstić information content (AvgIpc) is 2.86. The molecule has 6 heteroatoms. The Morgan fingerprint density at radius 2 is 2.00 bits per heavy atom. The molecule has 0 aliphatic carbocycles. The molecular weight excluding hydrogens is 276 g/mol. The van der Waals surface area contributed by atoms with E-state index in [0.29, 0.717) is 0 Å². The lowest BCUT2D eigenvalue weighted by atomic mass is 10.0. The molecule has 0 amide bonds. The van der Waals surface area contributed by atoms with E-state index >= 15 is 0 Å². The number of imidazole rings is 1. The number of thioether (sulfide) groups is 1. The zero-order chi connectivity index (χ0) is 14.2. The van der Waals surface area contributed by atoms with Crippen LogP contribution in [0.15, 0.2) is 0 Å². The second kappa shape index (κ2) is 5.32. The highest BCUT2D eigenvalue weighted by molar-refractivity contribution is 8.00. The smallest absolute Gasteiger partial charge is 0.179 e. The third-order valence-corrected chi connectivity index (χ3v) is 5.99. The Hall–Kier alpha value is -0.750. The number of aromatic amines is 1. The van der Waals surface area contributed by atoms with Gasteiger partial charge in [-0.3, -0.25) is 4.68 Å². The van der Waals surface area contributed by atoms with E-state index in [-0.39, 0.29) is 4.75 Å². The molecule has 2 aromatic heterocycles. The van der Waals surface area contributed by atoms with Crippen LogP contribution in [0.2, 0.25) is 0 Å². The summed E-state index contributed by atoms with van der Waals surface area (Å²) in [5, 5.41) is 4.47. The van der Waals surface area contributed by atoms with Gasteiger partial charge in [-0.15, -0.1) is 0 Å². The van der Waals surface area contributed by atoms with Gasteiger partial charge in [-0.2, -0.15) is 16.9 Å². The number of rotatable bonds is 5. The molecule has 2 heterocycles. The fourth-order valence-electron chi connectivity index (χ4n) is 2.63. The molecule has 0 spiro atoms. The van der Waals surface area contributed by atoms with Crippen molar-refractivity contribution in [1.29, 1.82) is 0 Å². The lowest BCUT2D eigenvalue weighted by Gasteiger charge is -2.30. The first-order chi connectivity index (χ1) is 8.98. The molecule has 0 bridgehead atoms. The van der Waals surface area contributed by atoms with Crippen molar-refractivity contribution in [3.63, 3.8) is 0 Å². The summed E-state index contributed by atoms with van der Waals surface area (Å²) < 4.78 is 5.17. The van der Waals surface area contributed by atoms with Crippen LogP contribution in [0, 0.1) is 11.7 Å². The predicted octanol–water partition coefficient (Wildman–Crippen LogP) is 3.66. The molecule has 0 aliphatic rings. The quantitative estimate of drug-likeness (QED) is 0.856. The minimum atomic E-state index is 0.242. The number of fused-ring (bicyclic) bond motifs is 1. The van der Waals surface area contributed by atoms with Crippen molar-refractivity contribution in [1.82, 2.24) is 19.3 Å². The molecule has 0 saturated carbocycles. The topological polar surface area (TPSA) is 38.5 Å². The Labute approximate surface area is 123 Å². The molecule has 2 aromatic rings. The van der Waals surface area contributed by atoms with E-state index in [9.17, 15) is 0 Å². The molecular formula is C13H22N4S2. The molecule has 19 heavy (non-hydrogen) atoms. The summed E-state index contributed by atoms with van der Waals surface area (Å²) in [6.45, 7) is 7.45. The molecule has 2 rings (SSSR count). The number of aryl methyl sites for hydroxylation is 2. The second-order valence-corrected chi connectivity index (χ2v) is 6.68. The van der Waals surface area contributed by atoms with E-state index < -0.39 is 0 Å². The molecule has 106 valence electrons. The minimum Gasteiger partial charge on any atom is -0.328 e. The summed E-state index contributed by atoms with van der Waals surface area (Å²) in [6, 6.07) is 0. The number of hydrogen-bond donors (Lipinski definition) is 1. The van der Waals surface area contributed by atoms with E-state index in [4.69, 9.17) is 12.2 Å². The van der Waals surface area contributed by atoms with Crippen LogP contribution in [0.3, 0.4) is 0 Å². The number of nitrogens with one attached hydrogen (secondary N) is 1. The molecule has 0 aliphatic heterocycles. The first kappa shape index (κ1) is 14.7. The number of nitrogens with zero attached hydrogens (tertiary/aromatic N) is 3. The normalized spacial score (nSPS) is 12.5. The van der Waals surface area contributed by atoms with Gasteiger partial charge in [0.2, 0.25) is 0 Å². The second-order valence-electron chi connectivity index (χ2n) is 5.02. The fourth-order valence-corrected chi connectivity index (χ4v) is 3.72. The van der Waals surface area contributed by atoms with E-state index in [1.165, 1.54) is 0 Å². The maximum atomic E-state index is 5.49. The SMILES string of the molecule is CCC(CC)(Cn1c(=S)[nH]c2c(C)nn(C)c21)SC. The van der Waals surface area contributed by atoms with E-state index in [0.717, 1.165) is 41.0 Å². The summed E-state index contributed by atoms with van der Waals surface area (Å²) in [5.41, 5.74) is 3.17. The molecule has 0 radical (unpaired) electrons. The van der Waals surface area contributed by atoms with Crippen molar-refractivity contribution >= 4 is 35.1 Å². The summed E-state index contributed by atoms with van der Waals surface area (Å²) in [6.07, 6.45) is 4.46. The summed E-state index contributed by atoms with van der Waals surface area (Å²) in [5.74, 6) is 0. The van der Waals surface area contributed by atoms with E-state index in [1.54, 1.807) is 0 Å². The van der Waals surface area contributed by atoms with Gasteiger partial charge in [0.25, 0.3) is 0 Å². The predicted molar refractivity (Wildman–Crippen MR) is 85.5 cm³/mol. The van der Waals surface area contributed by atoms with Gasteiger partial charge in [-0.25, -0.2) is 0 Å². The lowest BCUT2D eigenvalue weighted by molar-refractivity contribution is 0.465. The summed E-state index contributed by atoms with van der Waals surface area (Å²) >= 11 is 7.43. The number of aromatic nitrogens is 4. The zero-order valence-electron chi connectivity index (χ0n) is 12.3. The first-order valence-corrected chi connectivity index (χ1v) is 8.28. The minimum absolute atomic E-state index is 0.242. The molecule has 4 nitrogen and oxygen atoms in total. The van der Waals surface area contributed by atoms with Crippen LogP contribution in [0.4, 0.5) is 0 Å². The largest absolute Gasteiger partial charge is 0.328 e. The van der Waals surface area contributed by atoms with Crippen molar-refractivity contribution in [2.75, 3.05) is 6.26 Å². The van der Waals surface area contributed by atoms with Crippen LogP contribution in [-0.2, 0) is 13.6 Å².